The van der Waals surface area contributed by atoms with Gasteiger partial charge in [-0.05, 0) is 18.9 Å². The summed E-state index contributed by atoms with van der Waals surface area (Å²) in [6.45, 7) is 3.84. The molecular formula is C16H20N4. The third kappa shape index (κ3) is 2.65. The van der Waals surface area contributed by atoms with E-state index >= 15 is 0 Å². The van der Waals surface area contributed by atoms with Gasteiger partial charge in [-0.15, -0.1) is 0 Å². The molecule has 1 atom stereocenters. The van der Waals surface area contributed by atoms with Gasteiger partial charge in [-0.3, -0.25) is 0 Å². The van der Waals surface area contributed by atoms with Crippen molar-refractivity contribution >= 4 is 5.82 Å². The predicted molar refractivity (Wildman–Crippen MR) is 80.7 cm³/mol. The summed E-state index contributed by atoms with van der Waals surface area (Å²) in [6.07, 6.45) is 3.05. The Bertz CT molecular complexity index is 582. The molecule has 1 N–H and O–H groups in total. The number of hydrogen-bond donors (Lipinski definition) is 1. The van der Waals surface area contributed by atoms with E-state index in [0.717, 1.165) is 31.2 Å². The number of hydrogen-bond acceptors (Lipinski definition) is 4. The van der Waals surface area contributed by atoms with Crippen molar-refractivity contribution in [2.45, 2.75) is 25.9 Å². The molecule has 0 amide bonds. The lowest BCUT2D eigenvalue weighted by molar-refractivity contribution is 0.478. The molecule has 0 bridgehead atoms. The highest BCUT2D eigenvalue weighted by Crippen LogP contribution is 2.30. The van der Waals surface area contributed by atoms with Crippen LogP contribution in [0.3, 0.4) is 0 Å². The zero-order valence-corrected chi connectivity index (χ0v) is 12.0. The quantitative estimate of drug-likeness (QED) is 0.928. The first-order valence-electron chi connectivity index (χ1n) is 7.06. The molecule has 0 aliphatic carbocycles. The van der Waals surface area contributed by atoms with Gasteiger partial charge in [-0.25, -0.2) is 9.97 Å². The maximum Gasteiger partial charge on any atom is 0.136 e. The zero-order chi connectivity index (χ0) is 13.9. The van der Waals surface area contributed by atoms with Gasteiger partial charge in [0.25, 0.3) is 0 Å². The molecule has 1 aliphatic rings. The third-order valence-corrected chi connectivity index (χ3v) is 3.80. The Morgan fingerprint density at radius 2 is 2.10 bits per heavy atom. The fourth-order valence-corrected chi connectivity index (χ4v) is 2.65. The molecule has 4 nitrogen and oxygen atoms in total. The summed E-state index contributed by atoms with van der Waals surface area (Å²) < 4.78 is 0. The first-order chi connectivity index (χ1) is 9.74. The second-order valence-electron chi connectivity index (χ2n) is 5.33. The highest BCUT2D eigenvalue weighted by molar-refractivity contribution is 5.49. The molecule has 0 radical (unpaired) electrons. The number of nitrogens with one attached hydrogen (secondary N) is 1. The Morgan fingerprint density at radius 3 is 2.90 bits per heavy atom. The van der Waals surface area contributed by atoms with Crippen molar-refractivity contribution in [3.63, 3.8) is 0 Å². The summed E-state index contributed by atoms with van der Waals surface area (Å²) in [4.78, 5) is 11.1. The highest BCUT2D eigenvalue weighted by atomic mass is 15.2. The number of nitrogens with zero attached hydrogens (tertiary/aromatic N) is 3. The van der Waals surface area contributed by atoms with E-state index in [1.807, 2.05) is 19.2 Å². The van der Waals surface area contributed by atoms with Gasteiger partial charge in [0.1, 0.15) is 11.6 Å². The minimum absolute atomic E-state index is 0.335. The SMILES string of the molecule is Cc1ncc2c(n1)N(C)CCC2NCc1ccccc1. The Hall–Kier alpha value is -1.94. The van der Waals surface area contributed by atoms with E-state index in [-0.39, 0.29) is 0 Å². The van der Waals surface area contributed by atoms with Gasteiger partial charge in [0.2, 0.25) is 0 Å². The van der Waals surface area contributed by atoms with Crippen molar-refractivity contribution in [2.24, 2.45) is 0 Å². The van der Waals surface area contributed by atoms with E-state index in [1.165, 1.54) is 11.1 Å². The van der Waals surface area contributed by atoms with Gasteiger partial charge in [-0.1, -0.05) is 30.3 Å². The Labute approximate surface area is 119 Å². The third-order valence-electron chi connectivity index (χ3n) is 3.80. The number of aryl methyl sites for hydroxylation is 1. The second kappa shape index (κ2) is 5.59. The maximum absolute atomic E-state index is 4.57. The summed E-state index contributed by atoms with van der Waals surface area (Å²) in [5, 5.41) is 3.63. The van der Waals surface area contributed by atoms with Gasteiger partial charge in [0.05, 0.1) is 0 Å². The smallest absolute Gasteiger partial charge is 0.136 e. The standard InChI is InChI=1S/C16H20N4/c1-12-17-11-14-15(8-9-20(2)16(14)19-12)18-10-13-6-4-3-5-7-13/h3-7,11,15,18H,8-10H2,1-2H3. The molecule has 0 saturated heterocycles. The van der Waals surface area contributed by atoms with Crippen LogP contribution in [-0.4, -0.2) is 23.6 Å². The molecular weight excluding hydrogens is 248 g/mol. The number of fused-ring (bicyclic) bond motifs is 1. The lowest BCUT2D eigenvalue weighted by Gasteiger charge is -2.32. The summed E-state index contributed by atoms with van der Waals surface area (Å²) >= 11 is 0. The summed E-state index contributed by atoms with van der Waals surface area (Å²) in [5.41, 5.74) is 2.52. The van der Waals surface area contributed by atoms with Crippen LogP contribution in [0.4, 0.5) is 5.82 Å². The lowest BCUT2D eigenvalue weighted by Crippen LogP contribution is -2.34. The van der Waals surface area contributed by atoms with Gasteiger partial charge < -0.3 is 10.2 Å². The normalized spacial score (nSPS) is 17.9. The summed E-state index contributed by atoms with van der Waals surface area (Å²) in [5.74, 6) is 1.90. The first-order valence-corrected chi connectivity index (χ1v) is 7.06. The van der Waals surface area contributed by atoms with Gasteiger partial charge >= 0.3 is 0 Å². The molecule has 3 rings (SSSR count). The molecule has 2 aromatic rings. The van der Waals surface area contributed by atoms with Crippen LogP contribution < -0.4 is 10.2 Å². The minimum atomic E-state index is 0.335. The first kappa shape index (κ1) is 13.1. The van der Waals surface area contributed by atoms with Crippen molar-refractivity contribution in [1.29, 1.82) is 0 Å². The van der Waals surface area contributed by atoms with Crippen LogP contribution in [0.25, 0.3) is 0 Å². The predicted octanol–water partition coefficient (Wildman–Crippen LogP) is 2.46. The molecule has 20 heavy (non-hydrogen) atoms. The molecule has 1 aromatic heterocycles. The molecule has 4 heteroatoms. The van der Waals surface area contributed by atoms with E-state index < -0.39 is 0 Å². The summed E-state index contributed by atoms with van der Waals surface area (Å²) in [6, 6.07) is 10.8. The van der Waals surface area contributed by atoms with Crippen molar-refractivity contribution < 1.29 is 0 Å². The van der Waals surface area contributed by atoms with Crippen LogP contribution in [0.15, 0.2) is 36.5 Å². The fraction of sp³-hybridized carbons (Fsp3) is 0.375. The van der Waals surface area contributed by atoms with E-state index in [2.05, 4.69) is 51.5 Å². The van der Waals surface area contributed by atoms with E-state index in [0.29, 0.717) is 6.04 Å². The number of rotatable bonds is 3. The number of benzene rings is 1. The lowest BCUT2D eigenvalue weighted by atomic mass is 10.0. The molecule has 0 fully saturated rings. The molecule has 104 valence electrons. The van der Waals surface area contributed by atoms with Gasteiger partial charge in [-0.2, -0.15) is 0 Å². The van der Waals surface area contributed by atoms with Crippen LogP contribution in [0.2, 0.25) is 0 Å². The monoisotopic (exact) mass is 268 g/mol. The Morgan fingerprint density at radius 1 is 1.30 bits per heavy atom. The van der Waals surface area contributed by atoms with E-state index in [9.17, 15) is 0 Å². The van der Waals surface area contributed by atoms with Gasteiger partial charge in [0, 0.05) is 37.9 Å². The van der Waals surface area contributed by atoms with Crippen molar-refractivity contribution in [3.8, 4) is 0 Å². The van der Waals surface area contributed by atoms with Crippen LogP contribution in [0.1, 0.15) is 29.4 Å². The fourth-order valence-electron chi connectivity index (χ4n) is 2.65. The molecule has 2 heterocycles. The molecule has 0 spiro atoms. The zero-order valence-electron chi connectivity index (χ0n) is 12.0. The molecule has 0 saturated carbocycles. The Kier molecular flexibility index (Phi) is 3.65. The average molecular weight is 268 g/mol. The maximum atomic E-state index is 4.57. The largest absolute Gasteiger partial charge is 0.359 e. The molecule has 1 aliphatic heterocycles. The van der Waals surface area contributed by atoms with Crippen molar-refractivity contribution in [3.05, 3.63) is 53.5 Å². The van der Waals surface area contributed by atoms with Crippen LogP contribution in [0.5, 0.6) is 0 Å². The Balaban J connectivity index is 1.77. The van der Waals surface area contributed by atoms with Crippen molar-refractivity contribution in [2.75, 3.05) is 18.5 Å². The van der Waals surface area contributed by atoms with E-state index in [4.69, 9.17) is 0 Å². The van der Waals surface area contributed by atoms with Crippen LogP contribution >= 0.6 is 0 Å². The van der Waals surface area contributed by atoms with Crippen LogP contribution in [0, 0.1) is 6.92 Å². The molecule has 1 aromatic carbocycles. The van der Waals surface area contributed by atoms with Crippen LogP contribution in [-0.2, 0) is 6.54 Å². The average Bonchev–Trinajstić information content (AvgIpc) is 2.48. The second-order valence-corrected chi connectivity index (χ2v) is 5.33. The summed E-state index contributed by atoms with van der Waals surface area (Å²) in [7, 11) is 2.10. The number of aromatic nitrogens is 2. The van der Waals surface area contributed by atoms with Gasteiger partial charge in [0.15, 0.2) is 0 Å². The molecule has 1 unspecified atom stereocenters. The highest BCUT2D eigenvalue weighted by Gasteiger charge is 2.24. The topological polar surface area (TPSA) is 41.1 Å². The minimum Gasteiger partial charge on any atom is -0.359 e. The van der Waals surface area contributed by atoms with Crippen molar-refractivity contribution in [1.82, 2.24) is 15.3 Å². The van der Waals surface area contributed by atoms with E-state index in [1.54, 1.807) is 0 Å². The number of anilines is 1.